The Balaban J connectivity index is 1.88. The number of benzene rings is 2. The first-order valence-electron chi connectivity index (χ1n) is 8.97. The molecule has 9 nitrogen and oxygen atoms in total. The third-order valence-electron chi connectivity index (χ3n) is 4.44. The van der Waals surface area contributed by atoms with E-state index < -0.39 is 15.8 Å². The number of hydrogen-bond acceptors (Lipinski definition) is 8. The van der Waals surface area contributed by atoms with Crippen LogP contribution in [0, 0.1) is 0 Å². The molecule has 0 radical (unpaired) electrons. The Labute approximate surface area is 192 Å². The van der Waals surface area contributed by atoms with Crippen molar-refractivity contribution in [3.05, 3.63) is 64.3 Å². The van der Waals surface area contributed by atoms with E-state index in [-0.39, 0.29) is 33.0 Å². The number of ether oxygens (including phenoxy) is 1. The summed E-state index contributed by atoms with van der Waals surface area (Å²) in [4.78, 5) is 16.6. The number of para-hydroxylation sites is 1. The molecule has 0 N–H and O–H groups in total. The highest BCUT2D eigenvalue weighted by atomic mass is 35.5. The zero-order valence-electron chi connectivity index (χ0n) is 16.6. The fourth-order valence-corrected chi connectivity index (χ4v) is 4.07. The number of esters is 1. The molecule has 164 valence electrons. The van der Waals surface area contributed by atoms with Crippen LogP contribution < -0.4 is 0 Å². The van der Waals surface area contributed by atoms with Crippen LogP contribution in [0.2, 0.25) is 10.0 Å². The standard InChI is InChI=1S/C20H14Cl2N4O5S/c1-30-20(27)16-15(22)17(26(24-16)14-9-4-3-8-13(14)21)19-23-18(25-31-19)11-6-5-7-12(10-11)32(2,28)29/h3-10H,1-2H3. The second-order valence-corrected chi connectivity index (χ2v) is 9.39. The monoisotopic (exact) mass is 492 g/mol. The van der Waals surface area contributed by atoms with Crippen LogP contribution in [0.15, 0.2) is 57.9 Å². The summed E-state index contributed by atoms with van der Waals surface area (Å²) in [6.07, 6.45) is 1.10. The van der Waals surface area contributed by atoms with Crippen LogP contribution in [-0.2, 0) is 14.6 Å². The molecule has 32 heavy (non-hydrogen) atoms. The van der Waals surface area contributed by atoms with Gasteiger partial charge in [0, 0.05) is 11.8 Å². The lowest BCUT2D eigenvalue weighted by Crippen LogP contribution is -2.05. The highest BCUT2D eigenvalue weighted by Crippen LogP contribution is 2.35. The lowest BCUT2D eigenvalue weighted by Gasteiger charge is -2.06. The normalized spacial score (nSPS) is 11.5. The quantitative estimate of drug-likeness (QED) is 0.382. The van der Waals surface area contributed by atoms with Gasteiger partial charge in [-0.05, 0) is 24.3 Å². The van der Waals surface area contributed by atoms with E-state index in [0.29, 0.717) is 16.3 Å². The zero-order valence-corrected chi connectivity index (χ0v) is 18.9. The van der Waals surface area contributed by atoms with E-state index in [0.717, 1.165) is 6.26 Å². The first-order chi connectivity index (χ1) is 15.2. The van der Waals surface area contributed by atoms with Gasteiger partial charge in [0.1, 0.15) is 5.02 Å². The Kier molecular flexibility index (Phi) is 5.76. The molecule has 2 heterocycles. The summed E-state index contributed by atoms with van der Waals surface area (Å²) in [5.74, 6) is -0.701. The van der Waals surface area contributed by atoms with Crippen LogP contribution in [0.3, 0.4) is 0 Å². The molecule has 4 aromatic rings. The minimum absolute atomic E-state index is 0.0580. The minimum Gasteiger partial charge on any atom is -0.464 e. The number of hydrogen-bond donors (Lipinski definition) is 0. The molecule has 0 atom stereocenters. The van der Waals surface area contributed by atoms with E-state index in [1.807, 2.05) is 0 Å². The van der Waals surface area contributed by atoms with Gasteiger partial charge in [0.05, 0.1) is 22.7 Å². The van der Waals surface area contributed by atoms with Gasteiger partial charge in [-0.1, -0.05) is 52.6 Å². The van der Waals surface area contributed by atoms with Crippen molar-refractivity contribution in [2.75, 3.05) is 13.4 Å². The molecule has 0 amide bonds. The Morgan fingerprint density at radius 1 is 1.12 bits per heavy atom. The van der Waals surface area contributed by atoms with Gasteiger partial charge >= 0.3 is 5.97 Å². The number of methoxy groups -OCH3 is 1. The highest BCUT2D eigenvalue weighted by Gasteiger charge is 2.28. The first kappa shape index (κ1) is 22.0. The van der Waals surface area contributed by atoms with Gasteiger partial charge in [0.15, 0.2) is 21.2 Å². The molecule has 4 rings (SSSR count). The average molecular weight is 493 g/mol. The maximum atomic E-state index is 12.2. The van der Waals surface area contributed by atoms with Gasteiger partial charge in [-0.2, -0.15) is 10.1 Å². The molecule has 0 unspecified atom stereocenters. The molecular weight excluding hydrogens is 479 g/mol. The van der Waals surface area contributed by atoms with Crippen molar-refractivity contribution in [3.63, 3.8) is 0 Å². The summed E-state index contributed by atoms with van der Waals surface area (Å²) in [7, 11) is -2.23. The molecule has 12 heteroatoms. The summed E-state index contributed by atoms with van der Waals surface area (Å²) in [5.41, 5.74) is 0.789. The molecule has 2 aromatic heterocycles. The van der Waals surface area contributed by atoms with Crippen molar-refractivity contribution in [1.82, 2.24) is 19.9 Å². The number of halogens is 2. The van der Waals surface area contributed by atoms with Gasteiger partial charge in [-0.25, -0.2) is 17.9 Å². The summed E-state index contributed by atoms with van der Waals surface area (Å²) >= 11 is 12.8. The predicted octanol–water partition coefficient (Wildman–Crippen LogP) is 4.09. The molecular formula is C20H14Cl2N4O5S. The lowest BCUT2D eigenvalue weighted by atomic mass is 10.2. The van der Waals surface area contributed by atoms with E-state index in [2.05, 4.69) is 15.2 Å². The molecule has 2 aromatic carbocycles. The van der Waals surface area contributed by atoms with Crippen LogP contribution in [-0.4, -0.2) is 47.7 Å². The van der Waals surface area contributed by atoms with Crippen molar-refractivity contribution in [1.29, 1.82) is 0 Å². The Morgan fingerprint density at radius 3 is 2.56 bits per heavy atom. The molecule has 0 saturated carbocycles. The number of carbonyl (C=O) groups excluding carboxylic acids is 1. The summed E-state index contributed by atoms with van der Waals surface area (Å²) in [6, 6.07) is 12.9. The van der Waals surface area contributed by atoms with E-state index in [4.69, 9.17) is 32.5 Å². The van der Waals surface area contributed by atoms with Crippen molar-refractivity contribution in [3.8, 4) is 28.7 Å². The topological polar surface area (TPSA) is 117 Å². The van der Waals surface area contributed by atoms with Crippen molar-refractivity contribution >= 4 is 39.0 Å². The average Bonchev–Trinajstić information content (AvgIpc) is 3.37. The highest BCUT2D eigenvalue weighted by molar-refractivity contribution is 7.90. The van der Waals surface area contributed by atoms with Crippen LogP contribution in [0.25, 0.3) is 28.7 Å². The molecule has 0 aliphatic heterocycles. The largest absolute Gasteiger partial charge is 0.464 e. The number of sulfone groups is 1. The predicted molar refractivity (Wildman–Crippen MR) is 117 cm³/mol. The minimum atomic E-state index is -3.43. The number of rotatable bonds is 5. The maximum Gasteiger partial charge on any atom is 0.360 e. The number of nitrogens with zero attached hydrogens (tertiary/aromatic N) is 4. The van der Waals surface area contributed by atoms with Crippen molar-refractivity contribution < 1.29 is 22.5 Å². The summed E-state index contributed by atoms with van der Waals surface area (Å²) in [6.45, 7) is 0. The smallest absolute Gasteiger partial charge is 0.360 e. The maximum absolute atomic E-state index is 12.2. The van der Waals surface area contributed by atoms with Gasteiger partial charge in [0.2, 0.25) is 5.82 Å². The van der Waals surface area contributed by atoms with E-state index in [1.165, 1.54) is 23.9 Å². The van der Waals surface area contributed by atoms with Crippen molar-refractivity contribution in [2.45, 2.75) is 4.90 Å². The Morgan fingerprint density at radius 2 is 1.88 bits per heavy atom. The van der Waals surface area contributed by atoms with E-state index in [9.17, 15) is 13.2 Å². The Bertz CT molecular complexity index is 1450. The van der Waals surface area contributed by atoms with Gasteiger partial charge in [0.25, 0.3) is 5.89 Å². The molecule has 0 spiro atoms. The summed E-state index contributed by atoms with van der Waals surface area (Å²) in [5, 5.41) is 8.43. The summed E-state index contributed by atoms with van der Waals surface area (Å²) < 4.78 is 35.2. The van der Waals surface area contributed by atoms with Gasteiger partial charge < -0.3 is 9.26 Å². The van der Waals surface area contributed by atoms with Gasteiger partial charge in [-0.3, -0.25) is 0 Å². The molecule has 0 aliphatic rings. The van der Waals surface area contributed by atoms with Crippen LogP contribution in [0.5, 0.6) is 0 Å². The fourth-order valence-electron chi connectivity index (χ4n) is 2.91. The Hall–Kier alpha value is -3.21. The second kappa shape index (κ2) is 8.38. The van der Waals surface area contributed by atoms with Crippen LogP contribution in [0.1, 0.15) is 10.5 Å². The lowest BCUT2D eigenvalue weighted by molar-refractivity contribution is 0.0593. The van der Waals surface area contributed by atoms with E-state index >= 15 is 0 Å². The molecule has 0 fully saturated rings. The molecule has 0 bridgehead atoms. The van der Waals surface area contributed by atoms with E-state index in [1.54, 1.807) is 36.4 Å². The number of aromatic nitrogens is 4. The van der Waals surface area contributed by atoms with Crippen LogP contribution in [0.4, 0.5) is 0 Å². The molecule has 0 saturated heterocycles. The van der Waals surface area contributed by atoms with Gasteiger partial charge in [-0.15, -0.1) is 0 Å². The second-order valence-electron chi connectivity index (χ2n) is 6.59. The third-order valence-corrected chi connectivity index (χ3v) is 6.22. The SMILES string of the molecule is COC(=O)c1nn(-c2ccccc2Cl)c(-c2nc(-c3cccc(S(C)(=O)=O)c3)no2)c1Cl. The first-order valence-corrected chi connectivity index (χ1v) is 11.6. The van der Waals surface area contributed by atoms with Crippen LogP contribution >= 0.6 is 23.2 Å². The van der Waals surface area contributed by atoms with Crippen molar-refractivity contribution in [2.24, 2.45) is 0 Å². The third kappa shape index (κ3) is 3.99. The fraction of sp³-hybridized carbons (Fsp3) is 0.100. The molecule has 0 aliphatic carbocycles. The zero-order chi connectivity index (χ0) is 23.0. The number of carbonyl (C=O) groups is 1.